The molecule has 2 heterocycles. The first-order valence-corrected chi connectivity index (χ1v) is 8.65. The quantitative estimate of drug-likeness (QED) is 0.668. The van der Waals surface area contributed by atoms with E-state index in [0.717, 1.165) is 28.6 Å². The number of halogens is 3. The number of alkyl halides is 3. The number of benzene rings is 2. The van der Waals surface area contributed by atoms with Crippen LogP contribution in [-0.4, -0.2) is 28.9 Å². The highest BCUT2D eigenvalue weighted by molar-refractivity contribution is 5.96. The number of aromatic amines is 1. The monoisotopic (exact) mass is 370 g/mol. The Morgan fingerprint density at radius 1 is 1.04 bits per heavy atom. The SMILES string of the molecule is O=C(c1ccc(C(F)(F)F)cc1)N1CC=C(c2c[nH]c3ccccc23)CC1. The Morgan fingerprint density at radius 2 is 1.78 bits per heavy atom. The molecule has 0 saturated heterocycles. The number of nitrogens with zero attached hydrogens (tertiary/aromatic N) is 1. The van der Waals surface area contributed by atoms with Crippen molar-refractivity contribution in [2.75, 3.05) is 13.1 Å². The molecule has 3 nitrogen and oxygen atoms in total. The van der Waals surface area contributed by atoms with Gasteiger partial charge in [0.15, 0.2) is 0 Å². The number of hydrogen-bond donors (Lipinski definition) is 1. The molecule has 2 aromatic carbocycles. The van der Waals surface area contributed by atoms with Gasteiger partial charge in [-0.3, -0.25) is 4.79 Å². The minimum absolute atomic E-state index is 0.252. The topological polar surface area (TPSA) is 36.1 Å². The lowest BCUT2D eigenvalue weighted by atomic mass is 9.98. The van der Waals surface area contributed by atoms with Gasteiger partial charge in [0.25, 0.3) is 5.91 Å². The summed E-state index contributed by atoms with van der Waals surface area (Å²) >= 11 is 0. The van der Waals surface area contributed by atoms with Gasteiger partial charge in [0.1, 0.15) is 0 Å². The first kappa shape index (κ1) is 17.4. The molecule has 0 spiro atoms. The van der Waals surface area contributed by atoms with E-state index in [1.807, 2.05) is 30.5 Å². The molecule has 1 aliphatic rings. The van der Waals surface area contributed by atoms with Gasteiger partial charge in [-0.2, -0.15) is 13.2 Å². The van der Waals surface area contributed by atoms with Crippen LogP contribution in [0.15, 0.2) is 60.8 Å². The van der Waals surface area contributed by atoms with Crippen molar-refractivity contribution < 1.29 is 18.0 Å². The number of hydrogen-bond acceptors (Lipinski definition) is 1. The number of para-hydroxylation sites is 1. The standard InChI is InChI=1S/C21H17F3N2O/c22-21(23,24)16-7-5-15(6-8-16)20(27)26-11-9-14(10-12-26)18-13-25-19-4-2-1-3-17(18)19/h1-9,13,25H,10-12H2. The Hall–Kier alpha value is -3.02. The van der Waals surface area contributed by atoms with Gasteiger partial charge in [0.05, 0.1) is 5.56 Å². The maximum atomic E-state index is 12.7. The van der Waals surface area contributed by atoms with E-state index in [1.54, 1.807) is 4.90 Å². The van der Waals surface area contributed by atoms with Crippen molar-refractivity contribution in [2.24, 2.45) is 0 Å². The fourth-order valence-corrected chi connectivity index (χ4v) is 3.42. The molecule has 0 fully saturated rings. The molecule has 0 unspecified atom stereocenters. The van der Waals surface area contributed by atoms with E-state index in [-0.39, 0.29) is 11.5 Å². The van der Waals surface area contributed by atoms with E-state index in [9.17, 15) is 18.0 Å². The number of nitrogens with one attached hydrogen (secondary N) is 1. The molecule has 0 aliphatic carbocycles. The van der Waals surface area contributed by atoms with Crippen LogP contribution in [0.25, 0.3) is 16.5 Å². The normalized spacial score (nSPS) is 15.1. The van der Waals surface area contributed by atoms with Crippen molar-refractivity contribution in [3.63, 3.8) is 0 Å². The zero-order chi connectivity index (χ0) is 19.0. The van der Waals surface area contributed by atoms with Gasteiger partial charge in [-0.05, 0) is 42.3 Å². The molecule has 4 rings (SSSR count). The number of amides is 1. The summed E-state index contributed by atoms with van der Waals surface area (Å²) in [5.74, 6) is -0.252. The number of rotatable bonds is 2. The molecule has 0 radical (unpaired) electrons. The summed E-state index contributed by atoms with van der Waals surface area (Å²) in [5, 5.41) is 1.14. The minimum atomic E-state index is -4.40. The summed E-state index contributed by atoms with van der Waals surface area (Å²) in [6, 6.07) is 12.4. The Morgan fingerprint density at radius 3 is 2.44 bits per heavy atom. The van der Waals surface area contributed by atoms with Crippen LogP contribution in [0.1, 0.15) is 27.9 Å². The number of H-pyrrole nitrogens is 1. The summed E-state index contributed by atoms with van der Waals surface area (Å²) in [6.07, 6.45) is 0.294. The van der Waals surface area contributed by atoms with Crippen LogP contribution < -0.4 is 0 Å². The second-order valence-corrected chi connectivity index (χ2v) is 6.55. The van der Waals surface area contributed by atoms with Gasteiger partial charge in [-0.1, -0.05) is 24.3 Å². The molecule has 6 heteroatoms. The smallest absolute Gasteiger partial charge is 0.361 e. The summed E-state index contributed by atoms with van der Waals surface area (Å²) < 4.78 is 38.0. The predicted molar refractivity (Wildman–Crippen MR) is 98.2 cm³/mol. The van der Waals surface area contributed by atoms with E-state index in [0.29, 0.717) is 19.5 Å². The fraction of sp³-hybridized carbons (Fsp3) is 0.190. The first-order valence-electron chi connectivity index (χ1n) is 8.65. The van der Waals surface area contributed by atoms with Gasteiger partial charge in [-0.25, -0.2) is 0 Å². The molecule has 1 amide bonds. The van der Waals surface area contributed by atoms with Gasteiger partial charge >= 0.3 is 6.18 Å². The van der Waals surface area contributed by atoms with E-state index in [4.69, 9.17) is 0 Å². The largest absolute Gasteiger partial charge is 0.416 e. The summed E-state index contributed by atoms with van der Waals surface area (Å²) in [4.78, 5) is 17.5. The second kappa shape index (κ2) is 6.61. The lowest BCUT2D eigenvalue weighted by molar-refractivity contribution is -0.137. The third kappa shape index (κ3) is 3.35. The maximum absolute atomic E-state index is 12.7. The van der Waals surface area contributed by atoms with E-state index in [2.05, 4.69) is 11.1 Å². The third-order valence-corrected chi connectivity index (χ3v) is 4.89. The zero-order valence-corrected chi connectivity index (χ0v) is 14.4. The van der Waals surface area contributed by atoms with Crippen LogP contribution in [0.5, 0.6) is 0 Å². The molecular formula is C21H17F3N2O. The van der Waals surface area contributed by atoms with Crippen molar-refractivity contribution in [1.82, 2.24) is 9.88 Å². The second-order valence-electron chi connectivity index (χ2n) is 6.55. The van der Waals surface area contributed by atoms with Crippen LogP contribution >= 0.6 is 0 Å². The summed E-state index contributed by atoms with van der Waals surface area (Å²) in [6.45, 7) is 0.972. The van der Waals surface area contributed by atoms with Gasteiger partial charge in [-0.15, -0.1) is 0 Å². The maximum Gasteiger partial charge on any atom is 0.416 e. The van der Waals surface area contributed by atoms with Gasteiger partial charge in [0.2, 0.25) is 0 Å². The zero-order valence-electron chi connectivity index (χ0n) is 14.4. The van der Waals surface area contributed by atoms with Crippen molar-refractivity contribution in [3.05, 3.63) is 77.5 Å². The lowest BCUT2D eigenvalue weighted by Crippen LogP contribution is -2.34. The number of carbonyl (C=O) groups excluding carboxylic acids is 1. The van der Waals surface area contributed by atoms with Crippen LogP contribution in [-0.2, 0) is 6.18 Å². The van der Waals surface area contributed by atoms with Crippen molar-refractivity contribution in [1.29, 1.82) is 0 Å². The van der Waals surface area contributed by atoms with Crippen LogP contribution in [0.3, 0.4) is 0 Å². The van der Waals surface area contributed by atoms with E-state index >= 15 is 0 Å². The number of aromatic nitrogens is 1. The van der Waals surface area contributed by atoms with E-state index < -0.39 is 11.7 Å². The summed E-state index contributed by atoms with van der Waals surface area (Å²) in [5.41, 5.74) is 2.89. The molecule has 0 bridgehead atoms. The lowest BCUT2D eigenvalue weighted by Gasteiger charge is -2.26. The van der Waals surface area contributed by atoms with E-state index in [1.165, 1.54) is 17.7 Å². The van der Waals surface area contributed by atoms with Crippen LogP contribution in [0.2, 0.25) is 0 Å². The number of fused-ring (bicyclic) bond motifs is 1. The van der Waals surface area contributed by atoms with Crippen molar-refractivity contribution in [2.45, 2.75) is 12.6 Å². The Kier molecular flexibility index (Phi) is 4.26. The molecule has 1 N–H and O–H groups in total. The molecule has 1 aliphatic heterocycles. The third-order valence-electron chi connectivity index (χ3n) is 4.89. The average Bonchev–Trinajstić information content (AvgIpc) is 3.11. The molecule has 0 atom stereocenters. The van der Waals surface area contributed by atoms with Crippen molar-refractivity contribution >= 4 is 22.4 Å². The molecule has 0 saturated carbocycles. The predicted octanol–water partition coefficient (Wildman–Crippen LogP) is 5.12. The Bertz CT molecular complexity index is 1020. The Labute approximate surface area is 154 Å². The molecular weight excluding hydrogens is 353 g/mol. The Balaban J connectivity index is 1.50. The van der Waals surface area contributed by atoms with Crippen LogP contribution in [0, 0.1) is 0 Å². The summed E-state index contributed by atoms with van der Waals surface area (Å²) in [7, 11) is 0. The van der Waals surface area contributed by atoms with Gasteiger partial charge < -0.3 is 9.88 Å². The molecule has 27 heavy (non-hydrogen) atoms. The molecule has 3 aromatic rings. The highest BCUT2D eigenvalue weighted by Gasteiger charge is 2.30. The van der Waals surface area contributed by atoms with Crippen LogP contribution in [0.4, 0.5) is 13.2 Å². The molecule has 1 aromatic heterocycles. The fourth-order valence-electron chi connectivity index (χ4n) is 3.42. The first-order chi connectivity index (χ1) is 12.9. The van der Waals surface area contributed by atoms with Gasteiger partial charge in [0, 0.05) is 41.3 Å². The van der Waals surface area contributed by atoms with Crippen molar-refractivity contribution in [3.8, 4) is 0 Å². The minimum Gasteiger partial charge on any atom is -0.361 e. The highest BCUT2D eigenvalue weighted by atomic mass is 19.4. The molecule has 138 valence electrons. The average molecular weight is 370 g/mol. The number of carbonyl (C=O) groups is 1. The highest BCUT2D eigenvalue weighted by Crippen LogP contribution is 2.31.